The van der Waals surface area contributed by atoms with E-state index in [1.807, 2.05) is 24.3 Å². The van der Waals surface area contributed by atoms with Gasteiger partial charge in [-0.1, -0.05) is 18.2 Å². The molecule has 8 heteroatoms. The van der Waals surface area contributed by atoms with Gasteiger partial charge in [-0.25, -0.2) is 4.98 Å². The van der Waals surface area contributed by atoms with Gasteiger partial charge in [-0.05, 0) is 17.7 Å². The molecule has 0 saturated heterocycles. The molecule has 0 spiro atoms. The summed E-state index contributed by atoms with van der Waals surface area (Å²) in [6.07, 6.45) is 1.08. The Labute approximate surface area is 118 Å². The fraction of sp³-hybridized carbons (Fsp3) is 0.167. The number of nitrogens with one attached hydrogen (secondary N) is 1. The number of nitro groups is 1. The van der Waals surface area contributed by atoms with Gasteiger partial charge in [0.25, 0.3) is 0 Å². The van der Waals surface area contributed by atoms with Gasteiger partial charge >= 0.3 is 5.69 Å². The topological polar surface area (TPSA) is 90.2 Å². The van der Waals surface area contributed by atoms with E-state index in [0.29, 0.717) is 6.61 Å². The Balaban J connectivity index is 1.93. The van der Waals surface area contributed by atoms with E-state index in [1.54, 1.807) is 0 Å². The summed E-state index contributed by atoms with van der Waals surface area (Å²) in [5.74, 6) is 0.841. The molecular weight excluding hydrogens is 284 g/mol. The summed E-state index contributed by atoms with van der Waals surface area (Å²) in [6, 6.07) is 7.28. The summed E-state index contributed by atoms with van der Waals surface area (Å²) in [4.78, 5) is 17.9. The molecule has 0 aliphatic carbocycles. The Morgan fingerprint density at radius 3 is 3.05 bits per heavy atom. The number of anilines is 1. The average Bonchev–Trinajstić information content (AvgIpc) is 2.82. The van der Waals surface area contributed by atoms with Crippen molar-refractivity contribution >= 4 is 23.1 Å². The predicted octanol–water partition coefficient (Wildman–Crippen LogP) is 2.58. The lowest BCUT2D eigenvalue weighted by Gasteiger charge is -2.12. The molecule has 3 rings (SSSR count). The molecule has 0 amide bonds. The standard InChI is InChI=1S/C12H9ClN4O3/c13-12-14-5-9(17(18)19)11(16-12)15-8-6-20-10-4-2-1-3-7(8)10/h1-5,8H,6H2,(H,14,15,16). The summed E-state index contributed by atoms with van der Waals surface area (Å²) >= 11 is 5.69. The van der Waals surface area contributed by atoms with Gasteiger partial charge in [0.1, 0.15) is 18.6 Å². The number of rotatable bonds is 3. The third-order valence-corrected chi connectivity index (χ3v) is 3.13. The van der Waals surface area contributed by atoms with Crippen molar-refractivity contribution < 1.29 is 9.66 Å². The summed E-state index contributed by atoms with van der Waals surface area (Å²) < 4.78 is 5.51. The molecule has 102 valence electrons. The first-order valence-electron chi connectivity index (χ1n) is 5.80. The number of aromatic nitrogens is 2. The van der Waals surface area contributed by atoms with Crippen LogP contribution in [-0.2, 0) is 0 Å². The Kier molecular flexibility index (Phi) is 3.11. The van der Waals surface area contributed by atoms with E-state index in [4.69, 9.17) is 16.3 Å². The molecule has 1 N–H and O–H groups in total. The number of ether oxygens (including phenoxy) is 1. The Morgan fingerprint density at radius 2 is 2.25 bits per heavy atom. The third kappa shape index (κ3) is 2.23. The van der Waals surface area contributed by atoms with Crippen LogP contribution in [0, 0.1) is 10.1 Å². The molecule has 7 nitrogen and oxygen atoms in total. The van der Waals surface area contributed by atoms with Crippen molar-refractivity contribution in [3.8, 4) is 5.75 Å². The highest BCUT2D eigenvalue weighted by atomic mass is 35.5. The van der Waals surface area contributed by atoms with Gasteiger partial charge in [-0.3, -0.25) is 10.1 Å². The maximum absolute atomic E-state index is 11.0. The van der Waals surface area contributed by atoms with Crippen LogP contribution in [0.5, 0.6) is 5.75 Å². The Hall–Kier alpha value is -2.41. The lowest BCUT2D eigenvalue weighted by Crippen LogP contribution is -2.14. The van der Waals surface area contributed by atoms with Gasteiger partial charge in [-0.2, -0.15) is 4.98 Å². The fourth-order valence-corrected chi connectivity index (χ4v) is 2.17. The molecule has 2 aromatic rings. The zero-order chi connectivity index (χ0) is 14.1. The number of halogens is 1. The van der Waals surface area contributed by atoms with Crippen LogP contribution >= 0.6 is 11.6 Å². The average molecular weight is 293 g/mol. The molecule has 1 aliphatic heterocycles. The van der Waals surface area contributed by atoms with Gasteiger partial charge in [0, 0.05) is 5.56 Å². The zero-order valence-corrected chi connectivity index (χ0v) is 10.9. The van der Waals surface area contributed by atoms with Crippen LogP contribution in [-0.4, -0.2) is 21.5 Å². The van der Waals surface area contributed by atoms with Crippen molar-refractivity contribution in [2.24, 2.45) is 0 Å². The van der Waals surface area contributed by atoms with Crippen molar-refractivity contribution in [3.05, 3.63) is 51.4 Å². The highest BCUT2D eigenvalue weighted by Crippen LogP contribution is 2.35. The van der Waals surface area contributed by atoms with Crippen LogP contribution in [0.15, 0.2) is 30.5 Å². The smallest absolute Gasteiger partial charge is 0.329 e. The van der Waals surface area contributed by atoms with Gasteiger partial charge < -0.3 is 10.1 Å². The first-order chi connectivity index (χ1) is 9.65. The van der Waals surface area contributed by atoms with E-state index in [9.17, 15) is 10.1 Å². The van der Waals surface area contributed by atoms with E-state index < -0.39 is 4.92 Å². The van der Waals surface area contributed by atoms with Crippen LogP contribution < -0.4 is 10.1 Å². The summed E-state index contributed by atoms with van der Waals surface area (Å²) in [5.41, 5.74) is 0.704. The second kappa shape index (κ2) is 4.93. The maximum Gasteiger partial charge on any atom is 0.329 e. The molecule has 0 fully saturated rings. The number of nitrogens with zero attached hydrogens (tertiary/aromatic N) is 3. The molecule has 1 aromatic heterocycles. The quantitative estimate of drug-likeness (QED) is 0.531. The second-order valence-corrected chi connectivity index (χ2v) is 4.51. The predicted molar refractivity (Wildman–Crippen MR) is 72.0 cm³/mol. The molecule has 1 aliphatic rings. The maximum atomic E-state index is 11.0. The normalized spacial score (nSPS) is 16.4. The highest BCUT2D eigenvalue weighted by molar-refractivity contribution is 6.28. The first-order valence-corrected chi connectivity index (χ1v) is 6.18. The monoisotopic (exact) mass is 292 g/mol. The molecular formula is C12H9ClN4O3. The van der Waals surface area contributed by atoms with E-state index in [2.05, 4.69) is 15.3 Å². The lowest BCUT2D eigenvalue weighted by molar-refractivity contribution is -0.384. The molecule has 0 radical (unpaired) electrons. The number of fused-ring (bicyclic) bond motifs is 1. The third-order valence-electron chi connectivity index (χ3n) is 2.95. The minimum Gasteiger partial charge on any atom is -0.491 e. The van der Waals surface area contributed by atoms with E-state index in [1.165, 1.54) is 0 Å². The molecule has 0 saturated carbocycles. The minimum atomic E-state index is -0.555. The minimum absolute atomic E-state index is 0.0506. The zero-order valence-electron chi connectivity index (χ0n) is 10.1. The Morgan fingerprint density at radius 1 is 1.45 bits per heavy atom. The van der Waals surface area contributed by atoms with Crippen molar-refractivity contribution in [2.45, 2.75) is 6.04 Å². The van der Waals surface area contributed by atoms with Crippen molar-refractivity contribution in [2.75, 3.05) is 11.9 Å². The SMILES string of the molecule is O=[N+]([O-])c1cnc(Cl)nc1NC1COc2ccccc21. The number of para-hydroxylation sites is 1. The highest BCUT2D eigenvalue weighted by Gasteiger charge is 2.27. The van der Waals surface area contributed by atoms with E-state index >= 15 is 0 Å². The van der Waals surface area contributed by atoms with Crippen LogP contribution in [0.2, 0.25) is 5.28 Å². The fourth-order valence-electron chi connectivity index (χ4n) is 2.04. The Bertz CT molecular complexity index is 680. The molecule has 1 aromatic carbocycles. The van der Waals surface area contributed by atoms with Crippen LogP contribution in [0.4, 0.5) is 11.5 Å². The summed E-state index contributed by atoms with van der Waals surface area (Å²) in [5, 5.41) is 13.9. The number of hydrogen-bond acceptors (Lipinski definition) is 6. The van der Waals surface area contributed by atoms with E-state index in [0.717, 1.165) is 17.5 Å². The second-order valence-electron chi connectivity index (χ2n) is 4.18. The molecule has 0 bridgehead atoms. The van der Waals surface area contributed by atoms with Gasteiger partial charge in [0.2, 0.25) is 11.1 Å². The van der Waals surface area contributed by atoms with Crippen molar-refractivity contribution in [3.63, 3.8) is 0 Å². The summed E-state index contributed by atoms with van der Waals surface area (Å²) in [6.45, 7) is 0.373. The van der Waals surface area contributed by atoms with Crippen LogP contribution in [0.25, 0.3) is 0 Å². The lowest BCUT2D eigenvalue weighted by atomic mass is 10.1. The number of hydrogen-bond donors (Lipinski definition) is 1. The van der Waals surface area contributed by atoms with Gasteiger partial charge in [0.05, 0.1) is 11.0 Å². The largest absolute Gasteiger partial charge is 0.491 e. The van der Waals surface area contributed by atoms with E-state index in [-0.39, 0.29) is 22.8 Å². The molecule has 2 heterocycles. The summed E-state index contributed by atoms with van der Waals surface area (Å²) in [7, 11) is 0. The van der Waals surface area contributed by atoms with Crippen LogP contribution in [0.3, 0.4) is 0 Å². The first kappa shape index (κ1) is 12.6. The van der Waals surface area contributed by atoms with Crippen molar-refractivity contribution in [1.82, 2.24) is 9.97 Å². The van der Waals surface area contributed by atoms with Crippen LogP contribution in [0.1, 0.15) is 11.6 Å². The molecule has 20 heavy (non-hydrogen) atoms. The van der Waals surface area contributed by atoms with Crippen molar-refractivity contribution in [1.29, 1.82) is 0 Å². The van der Waals surface area contributed by atoms with Gasteiger partial charge in [0.15, 0.2) is 0 Å². The number of benzene rings is 1. The van der Waals surface area contributed by atoms with Gasteiger partial charge in [-0.15, -0.1) is 0 Å². The molecule has 1 atom stereocenters. The molecule has 1 unspecified atom stereocenters.